The molecule has 3 aromatic rings. The molecular weight excluding hydrogens is 336 g/mol. The van der Waals surface area contributed by atoms with E-state index in [0.717, 1.165) is 46.0 Å². The van der Waals surface area contributed by atoms with Crippen molar-refractivity contribution in [3.8, 4) is 5.75 Å². The molecule has 0 radical (unpaired) electrons. The fourth-order valence-corrected chi connectivity index (χ4v) is 3.81. The van der Waals surface area contributed by atoms with Crippen LogP contribution >= 0.6 is 0 Å². The highest BCUT2D eigenvalue weighted by Gasteiger charge is 2.21. The molecule has 1 aliphatic rings. The molecule has 2 N–H and O–H groups in total. The number of nitrogens with zero attached hydrogens (tertiary/aromatic N) is 1. The lowest BCUT2D eigenvalue weighted by Gasteiger charge is -2.23. The summed E-state index contributed by atoms with van der Waals surface area (Å²) in [6.07, 6.45) is 2.01. The summed E-state index contributed by atoms with van der Waals surface area (Å²) in [5.41, 5.74) is 6.68. The molecule has 0 heterocycles. The molecule has 0 unspecified atom stereocenters. The maximum atomic E-state index is 12.5. The Labute approximate surface area is 158 Å². The molecule has 1 aliphatic carbocycles. The third-order valence-electron chi connectivity index (χ3n) is 5.06. The second kappa shape index (κ2) is 7.23. The molecule has 4 nitrogen and oxygen atoms in total. The summed E-state index contributed by atoms with van der Waals surface area (Å²) in [5.74, 6) is 0.563. The van der Waals surface area contributed by atoms with Crippen molar-refractivity contribution in [2.24, 2.45) is 11.0 Å². The normalized spacial score (nSPS) is 17.7. The molecule has 1 atom stereocenters. The van der Waals surface area contributed by atoms with Crippen LogP contribution in [-0.4, -0.2) is 16.7 Å². The van der Waals surface area contributed by atoms with Crippen LogP contribution in [0.15, 0.2) is 65.8 Å². The van der Waals surface area contributed by atoms with Crippen molar-refractivity contribution in [2.45, 2.75) is 26.2 Å². The molecule has 136 valence electrons. The van der Waals surface area contributed by atoms with Gasteiger partial charge in [0.2, 0.25) is 5.91 Å². The molecule has 1 amide bonds. The number of amides is 1. The summed E-state index contributed by atoms with van der Waals surface area (Å²) < 4.78 is 0. The molecule has 4 heteroatoms. The number of phenols is 1. The first-order chi connectivity index (χ1) is 13.1. The first-order valence-corrected chi connectivity index (χ1v) is 9.24. The molecule has 3 aromatic carbocycles. The van der Waals surface area contributed by atoms with E-state index in [1.807, 2.05) is 48.5 Å². The zero-order chi connectivity index (χ0) is 18.8. The van der Waals surface area contributed by atoms with Gasteiger partial charge >= 0.3 is 0 Å². The topological polar surface area (TPSA) is 61.7 Å². The van der Waals surface area contributed by atoms with E-state index in [1.54, 1.807) is 12.1 Å². The summed E-state index contributed by atoms with van der Waals surface area (Å²) >= 11 is 0. The highest BCUT2D eigenvalue weighted by molar-refractivity contribution is 6.03. The van der Waals surface area contributed by atoms with Gasteiger partial charge in [0, 0.05) is 5.56 Å². The molecular formula is C23H22N2O2. The third kappa shape index (κ3) is 3.70. The van der Waals surface area contributed by atoms with Gasteiger partial charge in [0.1, 0.15) is 5.75 Å². The number of fused-ring (bicyclic) bond motifs is 2. The van der Waals surface area contributed by atoms with Gasteiger partial charge in [-0.25, -0.2) is 5.43 Å². The van der Waals surface area contributed by atoms with Crippen LogP contribution in [0.4, 0.5) is 0 Å². The van der Waals surface area contributed by atoms with Crippen molar-refractivity contribution in [3.63, 3.8) is 0 Å². The number of hydrogen-bond donors (Lipinski definition) is 2. The summed E-state index contributed by atoms with van der Waals surface area (Å²) in [7, 11) is 0. The summed E-state index contributed by atoms with van der Waals surface area (Å²) in [6, 6.07) is 19.4. The van der Waals surface area contributed by atoms with E-state index >= 15 is 0 Å². The van der Waals surface area contributed by atoms with Gasteiger partial charge in [0.05, 0.1) is 12.1 Å². The van der Waals surface area contributed by atoms with Crippen molar-refractivity contribution in [2.75, 3.05) is 0 Å². The number of benzene rings is 3. The maximum absolute atomic E-state index is 12.5. The fraction of sp³-hybridized carbons (Fsp3) is 0.217. The molecule has 0 bridgehead atoms. The van der Waals surface area contributed by atoms with Gasteiger partial charge < -0.3 is 5.11 Å². The van der Waals surface area contributed by atoms with Gasteiger partial charge in [-0.1, -0.05) is 49.4 Å². The Hall–Kier alpha value is -3.14. The van der Waals surface area contributed by atoms with E-state index in [4.69, 9.17) is 0 Å². The lowest BCUT2D eigenvalue weighted by molar-refractivity contribution is -0.120. The van der Waals surface area contributed by atoms with E-state index in [-0.39, 0.29) is 18.1 Å². The molecule has 0 fully saturated rings. The number of carbonyl (C=O) groups is 1. The zero-order valence-corrected chi connectivity index (χ0v) is 15.3. The molecule has 4 rings (SSSR count). The van der Waals surface area contributed by atoms with Crippen molar-refractivity contribution in [1.29, 1.82) is 0 Å². The van der Waals surface area contributed by atoms with Crippen LogP contribution in [0.3, 0.4) is 0 Å². The number of rotatable bonds is 3. The smallest absolute Gasteiger partial charge is 0.244 e. The first-order valence-electron chi connectivity index (χ1n) is 9.24. The van der Waals surface area contributed by atoms with Gasteiger partial charge in [-0.15, -0.1) is 0 Å². The highest BCUT2D eigenvalue weighted by Crippen LogP contribution is 2.28. The quantitative estimate of drug-likeness (QED) is 0.690. The number of aromatic hydroxyl groups is 1. The minimum Gasteiger partial charge on any atom is -0.508 e. The van der Waals surface area contributed by atoms with Crippen LogP contribution in [0.2, 0.25) is 0 Å². The van der Waals surface area contributed by atoms with Crippen LogP contribution in [0.1, 0.15) is 30.0 Å². The lowest BCUT2D eigenvalue weighted by atomic mass is 9.83. The Morgan fingerprint density at radius 1 is 1.11 bits per heavy atom. The average Bonchev–Trinajstić information content (AvgIpc) is 2.66. The standard InChI is InChI=1S/C23H22N2O2/c1-15-11-18-13-19(26)9-10-21(18)22(12-15)24-25-23(27)14-17-7-4-6-16-5-2-3-8-20(16)17/h2-10,13,15,26H,11-12,14H2,1H3,(H,25,27)/b24-22+/t15-/m0/s1. The average molecular weight is 358 g/mol. The number of hydrogen-bond acceptors (Lipinski definition) is 3. The van der Waals surface area contributed by atoms with Crippen LogP contribution in [0, 0.1) is 5.92 Å². The monoisotopic (exact) mass is 358 g/mol. The maximum Gasteiger partial charge on any atom is 0.244 e. The van der Waals surface area contributed by atoms with Crippen molar-refractivity contribution in [3.05, 3.63) is 77.4 Å². The van der Waals surface area contributed by atoms with Gasteiger partial charge in [-0.3, -0.25) is 4.79 Å². The molecule has 0 spiro atoms. The largest absolute Gasteiger partial charge is 0.508 e. The van der Waals surface area contributed by atoms with Crippen molar-refractivity contribution in [1.82, 2.24) is 5.43 Å². The Morgan fingerprint density at radius 2 is 1.93 bits per heavy atom. The predicted octanol–water partition coefficient (Wildman–Crippen LogP) is 4.19. The minimum absolute atomic E-state index is 0.127. The summed E-state index contributed by atoms with van der Waals surface area (Å²) in [5, 5.41) is 16.4. The summed E-state index contributed by atoms with van der Waals surface area (Å²) in [4.78, 5) is 12.5. The molecule has 0 aliphatic heterocycles. The Kier molecular flexibility index (Phi) is 4.63. The zero-order valence-electron chi connectivity index (χ0n) is 15.3. The van der Waals surface area contributed by atoms with E-state index in [9.17, 15) is 9.90 Å². The second-order valence-electron chi connectivity index (χ2n) is 7.26. The van der Waals surface area contributed by atoms with E-state index in [0.29, 0.717) is 5.92 Å². The van der Waals surface area contributed by atoms with E-state index in [2.05, 4.69) is 17.5 Å². The highest BCUT2D eigenvalue weighted by atomic mass is 16.3. The van der Waals surface area contributed by atoms with Crippen LogP contribution in [-0.2, 0) is 17.6 Å². The predicted molar refractivity (Wildman–Crippen MR) is 108 cm³/mol. The second-order valence-corrected chi connectivity index (χ2v) is 7.26. The van der Waals surface area contributed by atoms with E-state index in [1.165, 1.54) is 0 Å². The van der Waals surface area contributed by atoms with Gasteiger partial charge in [-0.2, -0.15) is 5.10 Å². The van der Waals surface area contributed by atoms with Crippen molar-refractivity contribution >= 4 is 22.4 Å². The van der Waals surface area contributed by atoms with Crippen molar-refractivity contribution < 1.29 is 9.90 Å². The lowest BCUT2D eigenvalue weighted by Crippen LogP contribution is -2.25. The number of hydrazone groups is 1. The molecule has 0 saturated carbocycles. The van der Waals surface area contributed by atoms with Crippen LogP contribution in [0.25, 0.3) is 10.8 Å². The molecule has 0 saturated heterocycles. The number of carbonyl (C=O) groups excluding carboxylic acids is 1. The van der Waals surface area contributed by atoms with Crippen LogP contribution in [0.5, 0.6) is 5.75 Å². The Bertz CT molecular complexity index is 1030. The third-order valence-corrected chi connectivity index (χ3v) is 5.06. The fourth-order valence-electron chi connectivity index (χ4n) is 3.81. The molecule has 0 aromatic heterocycles. The van der Waals surface area contributed by atoms with E-state index < -0.39 is 0 Å². The Morgan fingerprint density at radius 3 is 2.81 bits per heavy atom. The molecule has 27 heavy (non-hydrogen) atoms. The van der Waals surface area contributed by atoms with Gasteiger partial charge in [0.25, 0.3) is 0 Å². The summed E-state index contributed by atoms with van der Waals surface area (Å²) in [6.45, 7) is 2.15. The van der Waals surface area contributed by atoms with Gasteiger partial charge in [-0.05, 0) is 58.9 Å². The van der Waals surface area contributed by atoms with Gasteiger partial charge in [0.15, 0.2) is 0 Å². The van der Waals surface area contributed by atoms with Crippen LogP contribution < -0.4 is 5.43 Å². The Balaban J connectivity index is 1.54. The number of nitrogens with one attached hydrogen (secondary N) is 1. The first kappa shape index (κ1) is 17.3. The minimum atomic E-state index is -0.127. The SMILES string of the molecule is C[C@@H]1C/C(=N\NC(=O)Cc2cccc3ccccc23)c2ccc(O)cc2C1. The number of phenolic OH excluding ortho intramolecular Hbond substituents is 1.